The van der Waals surface area contributed by atoms with Crippen molar-refractivity contribution in [1.82, 2.24) is 0 Å². The highest BCUT2D eigenvalue weighted by atomic mass is 35.5. The van der Waals surface area contributed by atoms with Crippen LogP contribution < -0.4 is 10.2 Å². The minimum Gasteiger partial charge on any atom is -0.326 e. The van der Waals surface area contributed by atoms with Crippen LogP contribution in [0.4, 0.5) is 15.8 Å². The van der Waals surface area contributed by atoms with Crippen LogP contribution >= 0.6 is 11.6 Å². The van der Waals surface area contributed by atoms with E-state index in [2.05, 4.69) is 5.32 Å². The van der Waals surface area contributed by atoms with Gasteiger partial charge in [-0.05, 0) is 42.5 Å². The Morgan fingerprint density at radius 2 is 1.96 bits per heavy atom. The van der Waals surface area contributed by atoms with Crippen molar-refractivity contribution in [1.29, 1.82) is 0 Å². The van der Waals surface area contributed by atoms with E-state index in [1.165, 1.54) is 24.3 Å². The molecule has 2 aromatic rings. The summed E-state index contributed by atoms with van der Waals surface area (Å²) in [7, 11) is 0. The summed E-state index contributed by atoms with van der Waals surface area (Å²) >= 11 is 5.94. The number of carbonyl (C=O) groups is 2. The summed E-state index contributed by atoms with van der Waals surface area (Å²) in [5, 5.41) is 3.24. The molecule has 23 heavy (non-hydrogen) atoms. The van der Waals surface area contributed by atoms with Crippen molar-refractivity contribution in [2.75, 3.05) is 16.8 Å². The van der Waals surface area contributed by atoms with Gasteiger partial charge in [-0.25, -0.2) is 4.39 Å². The van der Waals surface area contributed by atoms with Crippen molar-refractivity contribution in [2.24, 2.45) is 5.92 Å². The standard InChI is InChI=1S/C17H14ClFN2O2/c18-12-2-1-3-15(9-12)21-10-11(8-16(21)22)17(23)20-14-6-4-13(19)5-7-14/h1-7,9,11H,8,10H2,(H,20,23)/t11-/m1/s1. The summed E-state index contributed by atoms with van der Waals surface area (Å²) in [4.78, 5) is 26.0. The second-order valence-electron chi connectivity index (χ2n) is 5.38. The first-order chi connectivity index (χ1) is 11.0. The van der Waals surface area contributed by atoms with Gasteiger partial charge in [0.2, 0.25) is 11.8 Å². The number of rotatable bonds is 3. The Bertz CT molecular complexity index is 749. The third-order valence-corrected chi connectivity index (χ3v) is 3.96. The molecule has 1 aliphatic rings. The van der Waals surface area contributed by atoms with Crippen LogP contribution in [0.5, 0.6) is 0 Å². The number of hydrogen-bond acceptors (Lipinski definition) is 2. The Balaban J connectivity index is 1.69. The predicted octanol–water partition coefficient (Wildman–Crippen LogP) is 3.47. The first-order valence-electron chi connectivity index (χ1n) is 7.15. The SMILES string of the molecule is O=C(Nc1ccc(F)cc1)[C@@H]1CC(=O)N(c2cccc(Cl)c2)C1. The first-order valence-corrected chi connectivity index (χ1v) is 7.53. The molecule has 1 heterocycles. The topological polar surface area (TPSA) is 49.4 Å². The highest BCUT2D eigenvalue weighted by Crippen LogP contribution is 2.27. The smallest absolute Gasteiger partial charge is 0.229 e. The second kappa shape index (κ2) is 6.38. The predicted molar refractivity (Wildman–Crippen MR) is 86.9 cm³/mol. The van der Waals surface area contributed by atoms with Crippen molar-refractivity contribution in [3.8, 4) is 0 Å². The summed E-state index contributed by atoms with van der Waals surface area (Å²) in [5.74, 6) is -1.20. The number of carbonyl (C=O) groups excluding carboxylic acids is 2. The average Bonchev–Trinajstić information content (AvgIpc) is 2.92. The molecule has 3 rings (SSSR count). The zero-order valence-corrected chi connectivity index (χ0v) is 12.9. The summed E-state index contributed by atoms with van der Waals surface area (Å²) in [6.45, 7) is 0.298. The molecule has 0 saturated carbocycles. The Hall–Kier alpha value is -2.40. The van der Waals surface area contributed by atoms with Crippen LogP contribution in [0.2, 0.25) is 5.02 Å². The lowest BCUT2D eigenvalue weighted by atomic mass is 10.1. The number of anilines is 2. The lowest BCUT2D eigenvalue weighted by Crippen LogP contribution is -2.28. The van der Waals surface area contributed by atoms with Crippen LogP contribution in [0.3, 0.4) is 0 Å². The number of nitrogens with one attached hydrogen (secondary N) is 1. The average molecular weight is 333 g/mol. The monoisotopic (exact) mass is 332 g/mol. The Kier molecular flexibility index (Phi) is 4.30. The zero-order chi connectivity index (χ0) is 16.4. The van der Waals surface area contributed by atoms with E-state index in [1.54, 1.807) is 29.2 Å². The summed E-state index contributed by atoms with van der Waals surface area (Å²) < 4.78 is 12.9. The second-order valence-corrected chi connectivity index (χ2v) is 5.82. The van der Waals surface area contributed by atoms with E-state index < -0.39 is 5.92 Å². The molecule has 0 bridgehead atoms. The molecule has 2 aromatic carbocycles. The number of nitrogens with zero attached hydrogens (tertiary/aromatic N) is 1. The number of halogens is 2. The zero-order valence-electron chi connectivity index (χ0n) is 12.1. The fourth-order valence-corrected chi connectivity index (χ4v) is 2.74. The number of benzene rings is 2. The van der Waals surface area contributed by atoms with E-state index in [9.17, 15) is 14.0 Å². The fourth-order valence-electron chi connectivity index (χ4n) is 2.55. The minimum atomic E-state index is -0.452. The van der Waals surface area contributed by atoms with Gasteiger partial charge in [0, 0.05) is 29.4 Å². The lowest BCUT2D eigenvalue weighted by Gasteiger charge is -2.17. The van der Waals surface area contributed by atoms with Crippen molar-refractivity contribution >= 4 is 34.8 Å². The van der Waals surface area contributed by atoms with Crippen LogP contribution in [0.25, 0.3) is 0 Å². The molecule has 0 unspecified atom stereocenters. The van der Waals surface area contributed by atoms with Gasteiger partial charge in [-0.2, -0.15) is 0 Å². The molecule has 0 aliphatic carbocycles. The maximum absolute atomic E-state index is 12.9. The van der Waals surface area contributed by atoms with E-state index in [1.807, 2.05) is 0 Å². The van der Waals surface area contributed by atoms with Gasteiger partial charge in [0.15, 0.2) is 0 Å². The Morgan fingerprint density at radius 1 is 1.22 bits per heavy atom. The normalized spacial score (nSPS) is 17.4. The van der Waals surface area contributed by atoms with Crippen LogP contribution in [-0.4, -0.2) is 18.4 Å². The molecule has 2 amide bonds. The molecule has 1 saturated heterocycles. The third kappa shape index (κ3) is 3.51. The molecule has 1 aliphatic heterocycles. The van der Waals surface area contributed by atoms with Gasteiger partial charge in [-0.3, -0.25) is 9.59 Å². The molecule has 1 fully saturated rings. The van der Waals surface area contributed by atoms with Crippen molar-refractivity contribution in [3.63, 3.8) is 0 Å². The fraction of sp³-hybridized carbons (Fsp3) is 0.176. The molecule has 1 atom stereocenters. The van der Waals surface area contributed by atoms with Crippen molar-refractivity contribution < 1.29 is 14.0 Å². The maximum atomic E-state index is 12.9. The van der Waals surface area contributed by atoms with Crippen LogP contribution in [0.1, 0.15) is 6.42 Å². The van der Waals surface area contributed by atoms with Crippen molar-refractivity contribution in [2.45, 2.75) is 6.42 Å². The highest BCUT2D eigenvalue weighted by molar-refractivity contribution is 6.31. The number of amides is 2. The van der Waals surface area contributed by atoms with Crippen molar-refractivity contribution in [3.05, 3.63) is 59.4 Å². The largest absolute Gasteiger partial charge is 0.326 e. The molecule has 118 valence electrons. The molecule has 4 nitrogen and oxygen atoms in total. The maximum Gasteiger partial charge on any atom is 0.229 e. The van der Waals surface area contributed by atoms with E-state index >= 15 is 0 Å². The molecule has 6 heteroatoms. The van der Waals surface area contributed by atoms with Gasteiger partial charge in [0.25, 0.3) is 0 Å². The Morgan fingerprint density at radius 3 is 2.65 bits per heavy atom. The molecule has 0 spiro atoms. The van der Waals surface area contributed by atoms with Gasteiger partial charge in [0.05, 0.1) is 5.92 Å². The molecule has 0 aromatic heterocycles. The highest BCUT2D eigenvalue weighted by Gasteiger charge is 2.35. The summed E-state index contributed by atoms with van der Waals surface area (Å²) in [6.07, 6.45) is 0.138. The lowest BCUT2D eigenvalue weighted by molar-refractivity contribution is -0.122. The molecule has 0 radical (unpaired) electrons. The van der Waals surface area contributed by atoms with Crippen LogP contribution in [0.15, 0.2) is 48.5 Å². The third-order valence-electron chi connectivity index (χ3n) is 3.73. The first kappa shape index (κ1) is 15.5. The van der Waals surface area contributed by atoms with Gasteiger partial charge in [0.1, 0.15) is 5.82 Å². The summed E-state index contributed by atoms with van der Waals surface area (Å²) in [5.41, 5.74) is 1.18. The molecule has 1 N–H and O–H groups in total. The van der Waals surface area contributed by atoms with Gasteiger partial charge in [-0.15, -0.1) is 0 Å². The summed E-state index contributed by atoms with van der Waals surface area (Å²) in [6, 6.07) is 12.5. The van der Waals surface area contributed by atoms with E-state index in [0.29, 0.717) is 22.9 Å². The van der Waals surface area contributed by atoms with E-state index in [0.717, 1.165) is 0 Å². The van der Waals surface area contributed by atoms with Gasteiger partial charge >= 0.3 is 0 Å². The quantitative estimate of drug-likeness (QED) is 0.935. The Labute approximate surface area is 137 Å². The minimum absolute atomic E-state index is 0.119. The number of hydrogen-bond donors (Lipinski definition) is 1. The van der Waals surface area contributed by atoms with Gasteiger partial charge in [-0.1, -0.05) is 17.7 Å². The van der Waals surface area contributed by atoms with E-state index in [-0.39, 0.29) is 24.1 Å². The molecular weight excluding hydrogens is 319 g/mol. The van der Waals surface area contributed by atoms with Crippen LogP contribution in [-0.2, 0) is 9.59 Å². The molecular formula is C17H14ClFN2O2. The van der Waals surface area contributed by atoms with Gasteiger partial charge < -0.3 is 10.2 Å². The van der Waals surface area contributed by atoms with E-state index in [4.69, 9.17) is 11.6 Å². The van der Waals surface area contributed by atoms with Crippen LogP contribution in [0, 0.1) is 11.7 Å².